The molecule has 11 aromatic carbocycles. The molecular weight excluding hydrogens is 773 g/mol. The third-order valence-electron chi connectivity index (χ3n) is 12.8. The minimum Gasteiger partial charge on any atom is -0.310 e. The van der Waals surface area contributed by atoms with Gasteiger partial charge in [-0.2, -0.15) is 0 Å². The van der Waals surface area contributed by atoms with Gasteiger partial charge in [0, 0.05) is 33.4 Å². The molecule has 0 spiro atoms. The Morgan fingerprint density at radius 3 is 1.50 bits per heavy atom. The number of hydrogen-bond acceptors (Lipinski definition) is 1. The van der Waals surface area contributed by atoms with Crippen molar-refractivity contribution in [3.05, 3.63) is 255 Å². The topological polar surface area (TPSA) is 8.17 Å². The summed E-state index contributed by atoms with van der Waals surface area (Å²) >= 11 is 0. The van der Waals surface area contributed by atoms with Gasteiger partial charge in [-0.25, -0.2) is 0 Å². The Labute approximate surface area is 373 Å². The quantitative estimate of drug-likeness (QED) is 0.139. The number of hydrogen-bond donors (Lipinski definition) is 0. The lowest BCUT2D eigenvalue weighted by atomic mass is 9.84. The maximum absolute atomic E-state index is 2.41. The van der Waals surface area contributed by atoms with Gasteiger partial charge in [0.25, 0.3) is 0 Å². The molecule has 0 aliphatic rings. The molecule has 1 aromatic heterocycles. The molecule has 0 unspecified atom stereocenters. The van der Waals surface area contributed by atoms with E-state index in [-0.39, 0.29) is 0 Å². The fourth-order valence-corrected chi connectivity index (χ4v) is 9.98. The lowest BCUT2D eigenvalue weighted by Crippen LogP contribution is -2.11. The second kappa shape index (κ2) is 15.8. The normalized spacial score (nSPS) is 11.4. The maximum atomic E-state index is 2.41. The molecule has 300 valence electrons. The summed E-state index contributed by atoms with van der Waals surface area (Å²) in [5, 5.41) is 7.49. The molecular formula is C62H42N2. The number of fused-ring (bicyclic) bond motifs is 6. The molecule has 0 aliphatic carbocycles. The standard InChI is InChI=1S/C62H42N2/c1-5-20-44(21-6-1)60-53-30-14-13-28-50(53)51-41-38-46(42-56(51)61(60)45-22-7-2-8-23-45)43-36-39-49(40-37-43)63(47-24-9-3-10-25-47)57-33-17-15-29-52(57)54-32-19-35-59-62(54)55-31-16-18-34-58(55)64(59)48-26-11-4-12-27-48/h1-42H. The summed E-state index contributed by atoms with van der Waals surface area (Å²) in [4.78, 5) is 2.40. The van der Waals surface area contributed by atoms with Gasteiger partial charge >= 0.3 is 0 Å². The van der Waals surface area contributed by atoms with E-state index in [2.05, 4.69) is 264 Å². The van der Waals surface area contributed by atoms with E-state index in [1.165, 1.54) is 87.9 Å². The molecule has 0 aliphatic heterocycles. The van der Waals surface area contributed by atoms with Crippen molar-refractivity contribution in [1.82, 2.24) is 4.57 Å². The molecule has 12 rings (SSSR count). The van der Waals surface area contributed by atoms with Crippen LogP contribution in [0.4, 0.5) is 17.1 Å². The fourth-order valence-electron chi connectivity index (χ4n) is 9.98. The van der Waals surface area contributed by atoms with Gasteiger partial charge in [0.05, 0.1) is 16.7 Å². The first-order chi connectivity index (χ1) is 31.8. The molecule has 2 heteroatoms. The molecule has 2 nitrogen and oxygen atoms in total. The highest BCUT2D eigenvalue weighted by Gasteiger charge is 2.22. The van der Waals surface area contributed by atoms with Gasteiger partial charge in [-0.15, -0.1) is 0 Å². The van der Waals surface area contributed by atoms with Crippen LogP contribution in [0.15, 0.2) is 255 Å². The number of rotatable bonds is 8. The van der Waals surface area contributed by atoms with Crippen LogP contribution in [-0.2, 0) is 0 Å². The Morgan fingerprint density at radius 1 is 0.281 bits per heavy atom. The molecule has 0 bridgehead atoms. The number of aromatic nitrogens is 1. The molecule has 0 amide bonds. The number of benzene rings is 11. The van der Waals surface area contributed by atoms with Crippen molar-refractivity contribution in [1.29, 1.82) is 0 Å². The van der Waals surface area contributed by atoms with Crippen molar-refractivity contribution < 1.29 is 0 Å². The number of anilines is 3. The van der Waals surface area contributed by atoms with Crippen LogP contribution in [0.5, 0.6) is 0 Å². The predicted octanol–water partition coefficient (Wildman–Crippen LogP) is 17.2. The smallest absolute Gasteiger partial charge is 0.0547 e. The molecule has 0 saturated heterocycles. The van der Waals surface area contributed by atoms with E-state index in [9.17, 15) is 0 Å². The minimum atomic E-state index is 1.09. The van der Waals surface area contributed by atoms with E-state index >= 15 is 0 Å². The van der Waals surface area contributed by atoms with E-state index in [1.54, 1.807) is 0 Å². The Morgan fingerprint density at radius 2 is 0.781 bits per heavy atom. The van der Waals surface area contributed by atoms with Crippen LogP contribution in [0.3, 0.4) is 0 Å². The van der Waals surface area contributed by atoms with Crippen LogP contribution in [0, 0.1) is 0 Å². The average Bonchev–Trinajstić information content (AvgIpc) is 3.72. The first-order valence-corrected chi connectivity index (χ1v) is 22.0. The van der Waals surface area contributed by atoms with Crippen LogP contribution >= 0.6 is 0 Å². The summed E-state index contributed by atoms with van der Waals surface area (Å²) in [7, 11) is 0. The van der Waals surface area contributed by atoms with Gasteiger partial charge in [-0.05, 0) is 121 Å². The zero-order valence-corrected chi connectivity index (χ0v) is 35.1. The van der Waals surface area contributed by atoms with E-state index in [0.29, 0.717) is 0 Å². The zero-order chi connectivity index (χ0) is 42.4. The van der Waals surface area contributed by atoms with Crippen LogP contribution in [-0.4, -0.2) is 4.57 Å². The molecule has 64 heavy (non-hydrogen) atoms. The monoisotopic (exact) mass is 814 g/mol. The maximum Gasteiger partial charge on any atom is 0.0547 e. The second-order valence-corrected chi connectivity index (χ2v) is 16.4. The van der Waals surface area contributed by atoms with Crippen molar-refractivity contribution in [2.45, 2.75) is 0 Å². The van der Waals surface area contributed by atoms with E-state index in [1.807, 2.05) is 0 Å². The van der Waals surface area contributed by atoms with Crippen molar-refractivity contribution in [2.75, 3.05) is 4.90 Å². The van der Waals surface area contributed by atoms with Gasteiger partial charge in [0.1, 0.15) is 0 Å². The lowest BCUT2D eigenvalue weighted by Gasteiger charge is -2.28. The summed E-state index contributed by atoms with van der Waals surface area (Å²) in [6.07, 6.45) is 0. The van der Waals surface area contributed by atoms with Crippen molar-refractivity contribution >= 4 is 60.4 Å². The summed E-state index contributed by atoms with van der Waals surface area (Å²) in [6.45, 7) is 0. The first kappa shape index (κ1) is 37.3. The highest BCUT2D eigenvalue weighted by molar-refractivity contribution is 6.22. The van der Waals surface area contributed by atoms with E-state index in [0.717, 1.165) is 22.7 Å². The van der Waals surface area contributed by atoms with Gasteiger partial charge < -0.3 is 9.47 Å². The number of para-hydroxylation sites is 4. The molecule has 1 heterocycles. The van der Waals surface area contributed by atoms with Crippen LogP contribution in [0.25, 0.3) is 93.5 Å². The Hall–Kier alpha value is -8.46. The van der Waals surface area contributed by atoms with Gasteiger partial charge in [0.15, 0.2) is 0 Å². The van der Waals surface area contributed by atoms with E-state index in [4.69, 9.17) is 0 Å². The van der Waals surface area contributed by atoms with Crippen molar-refractivity contribution in [3.63, 3.8) is 0 Å². The van der Waals surface area contributed by atoms with E-state index < -0.39 is 0 Å². The molecule has 0 atom stereocenters. The molecule has 0 saturated carbocycles. The van der Waals surface area contributed by atoms with Crippen LogP contribution < -0.4 is 4.90 Å². The third-order valence-corrected chi connectivity index (χ3v) is 12.8. The Kier molecular flexibility index (Phi) is 9.20. The highest BCUT2D eigenvalue weighted by atomic mass is 15.1. The number of nitrogens with zero attached hydrogens (tertiary/aromatic N) is 2. The zero-order valence-electron chi connectivity index (χ0n) is 35.1. The second-order valence-electron chi connectivity index (χ2n) is 16.4. The van der Waals surface area contributed by atoms with Crippen molar-refractivity contribution in [2.24, 2.45) is 0 Å². The first-order valence-electron chi connectivity index (χ1n) is 22.0. The lowest BCUT2D eigenvalue weighted by molar-refractivity contribution is 1.18. The summed E-state index contributed by atoms with van der Waals surface area (Å²) in [6, 6.07) is 92.6. The molecule has 0 fully saturated rings. The highest BCUT2D eigenvalue weighted by Crippen LogP contribution is 2.48. The third kappa shape index (κ3) is 6.27. The Balaban J connectivity index is 1.02. The van der Waals surface area contributed by atoms with Gasteiger partial charge in [0.2, 0.25) is 0 Å². The minimum absolute atomic E-state index is 1.09. The summed E-state index contributed by atoms with van der Waals surface area (Å²) in [5.74, 6) is 0. The summed E-state index contributed by atoms with van der Waals surface area (Å²) < 4.78 is 2.39. The molecule has 0 radical (unpaired) electrons. The average molecular weight is 815 g/mol. The Bertz CT molecular complexity index is 3630. The molecule has 0 N–H and O–H groups in total. The molecule has 12 aromatic rings. The van der Waals surface area contributed by atoms with Gasteiger partial charge in [-0.1, -0.05) is 194 Å². The fraction of sp³-hybridized carbons (Fsp3) is 0. The largest absolute Gasteiger partial charge is 0.310 e. The van der Waals surface area contributed by atoms with Crippen LogP contribution in [0.2, 0.25) is 0 Å². The predicted molar refractivity (Wildman–Crippen MR) is 272 cm³/mol. The summed E-state index contributed by atoms with van der Waals surface area (Å²) in [5.41, 5.74) is 16.5. The van der Waals surface area contributed by atoms with Gasteiger partial charge in [-0.3, -0.25) is 0 Å². The van der Waals surface area contributed by atoms with Crippen LogP contribution in [0.1, 0.15) is 0 Å². The SMILES string of the molecule is c1ccc(-c2c(-c3ccccc3)c3cc(-c4ccc(N(c5ccccc5)c5ccccc5-c5cccc6c5c5ccccc5n6-c5ccccc5)cc4)ccc3c3ccccc23)cc1. The van der Waals surface area contributed by atoms with Crippen molar-refractivity contribution in [3.8, 4) is 50.2 Å².